The monoisotopic (exact) mass is 227 g/mol. The van der Waals surface area contributed by atoms with Gasteiger partial charge in [-0.05, 0) is 19.1 Å². The molecule has 1 aromatic rings. The summed E-state index contributed by atoms with van der Waals surface area (Å²) in [5.74, 6) is 0.752. The van der Waals surface area contributed by atoms with Crippen LogP contribution in [0.1, 0.15) is 6.92 Å². The van der Waals surface area contributed by atoms with Gasteiger partial charge in [0.25, 0.3) is 0 Å². The van der Waals surface area contributed by atoms with Gasteiger partial charge in [-0.15, -0.1) is 0 Å². The molecule has 0 spiro atoms. The third kappa shape index (κ3) is 1.77. The molecule has 0 saturated heterocycles. The highest BCUT2D eigenvalue weighted by Crippen LogP contribution is 2.28. The molecular formula is C9H13N3O2S. The Balaban J connectivity index is 2.47. The molecule has 0 aliphatic carbocycles. The highest BCUT2D eigenvalue weighted by atomic mass is 32.2. The van der Waals surface area contributed by atoms with Gasteiger partial charge >= 0.3 is 0 Å². The summed E-state index contributed by atoms with van der Waals surface area (Å²) in [5.41, 5.74) is 0.644. The molecular weight excluding hydrogens is 214 g/mol. The van der Waals surface area contributed by atoms with Crippen LogP contribution in [0.4, 0.5) is 11.5 Å². The number of fused-ring (bicyclic) bond motifs is 1. The number of hydrogen-bond donors (Lipinski definition) is 1. The molecule has 0 fully saturated rings. The first kappa shape index (κ1) is 10.2. The predicted octanol–water partition coefficient (Wildman–Crippen LogP) is 0.663. The zero-order chi connectivity index (χ0) is 10.9. The number of nitrogens with one attached hydrogen (secondary N) is 1. The fourth-order valence-corrected chi connectivity index (χ4v) is 2.70. The van der Waals surface area contributed by atoms with Crippen LogP contribution in [-0.2, 0) is 10.0 Å². The van der Waals surface area contributed by atoms with Crippen molar-refractivity contribution < 1.29 is 8.42 Å². The molecule has 1 aliphatic rings. The van der Waals surface area contributed by atoms with Crippen LogP contribution < -0.4 is 9.62 Å². The molecule has 6 heteroatoms. The van der Waals surface area contributed by atoms with Crippen molar-refractivity contribution in [2.24, 2.45) is 0 Å². The lowest BCUT2D eigenvalue weighted by molar-refractivity contribution is 0.591. The number of hydrogen-bond acceptors (Lipinski definition) is 4. The van der Waals surface area contributed by atoms with Gasteiger partial charge in [0.15, 0.2) is 5.82 Å². The molecule has 0 atom stereocenters. The number of nitrogens with zero attached hydrogens (tertiary/aromatic N) is 2. The van der Waals surface area contributed by atoms with Crippen LogP contribution in [0.2, 0.25) is 0 Å². The van der Waals surface area contributed by atoms with Crippen LogP contribution in [-0.4, -0.2) is 32.2 Å². The third-order valence-corrected chi connectivity index (χ3v) is 4.14. The zero-order valence-corrected chi connectivity index (χ0v) is 9.29. The van der Waals surface area contributed by atoms with Crippen LogP contribution in [0.3, 0.4) is 0 Å². The molecule has 15 heavy (non-hydrogen) atoms. The van der Waals surface area contributed by atoms with Crippen molar-refractivity contribution >= 4 is 21.5 Å². The molecule has 1 aromatic heterocycles. The molecule has 0 amide bonds. The van der Waals surface area contributed by atoms with E-state index in [0.29, 0.717) is 24.6 Å². The lowest BCUT2D eigenvalue weighted by Crippen LogP contribution is -2.39. The summed E-state index contributed by atoms with van der Waals surface area (Å²) >= 11 is 0. The van der Waals surface area contributed by atoms with E-state index in [4.69, 9.17) is 0 Å². The lowest BCUT2D eigenvalue weighted by atomic mass is 10.3. The van der Waals surface area contributed by atoms with Gasteiger partial charge in [0.2, 0.25) is 10.0 Å². The van der Waals surface area contributed by atoms with E-state index in [1.807, 2.05) is 0 Å². The Hall–Kier alpha value is -1.30. The van der Waals surface area contributed by atoms with Gasteiger partial charge in [-0.3, -0.25) is 4.31 Å². The van der Waals surface area contributed by atoms with Gasteiger partial charge in [0.05, 0.1) is 18.0 Å². The Morgan fingerprint density at radius 2 is 2.40 bits per heavy atom. The van der Waals surface area contributed by atoms with Gasteiger partial charge in [-0.1, -0.05) is 0 Å². The maximum Gasteiger partial charge on any atom is 0.235 e. The fourth-order valence-electron chi connectivity index (χ4n) is 1.58. The van der Waals surface area contributed by atoms with Crippen LogP contribution >= 0.6 is 0 Å². The number of rotatable bonds is 2. The van der Waals surface area contributed by atoms with Crippen molar-refractivity contribution in [3.8, 4) is 0 Å². The molecule has 82 valence electrons. The maximum atomic E-state index is 11.8. The minimum Gasteiger partial charge on any atom is -0.367 e. The van der Waals surface area contributed by atoms with E-state index < -0.39 is 10.0 Å². The third-order valence-electron chi connectivity index (χ3n) is 2.36. The van der Waals surface area contributed by atoms with Crippen molar-refractivity contribution in [3.05, 3.63) is 18.3 Å². The smallest absolute Gasteiger partial charge is 0.235 e. The van der Waals surface area contributed by atoms with E-state index in [9.17, 15) is 8.42 Å². The Morgan fingerprint density at radius 1 is 1.60 bits per heavy atom. The Kier molecular flexibility index (Phi) is 2.52. The van der Waals surface area contributed by atoms with Gasteiger partial charge in [-0.25, -0.2) is 13.4 Å². The summed E-state index contributed by atoms with van der Waals surface area (Å²) in [7, 11) is -3.18. The maximum absolute atomic E-state index is 11.8. The van der Waals surface area contributed by atoms with Crippen LogP contribution in [0.5, 0.6) is 0 Å². The summed E-state index contributed by atoms with van der Waals surface area (Å²) < 4.78 is 25.0. The van der Waals surface area contributed by atoms with E-state index in [0.717, 1.165) is 0 Å². The normalized spacial score (nSPS) is 15.7. The molecule has 0 aromatic carbocycles. The van der Waals surface area contributed by atoms with E-state index in [1.54, 1.807) is 25.3 Å². The Labute approximate surface area is 89.2 Å². The molecule has 1 N–H and O–H groups in total. The molecule has 0 unspecified atom stereocenters. The predicted molar refractivity (Wildman–Crippen MR) is 59.5 cm³/mol. The van der Waals surface area contributed by atoms with E-state index in [-0.39, 0.29) is 5.75 Å². The van der Waals surface area contributed by atoms with E-state index >= 15 is 0 Å². The Morgan fingerprint density at radius 3 is 3.13 bits per heavy atom. The summed E-state index contributed by atoms with van der Waals surface area (Å²) in [6.45, 7) is 2.71. The highest BCUT2D eigenvalue weighted by molar-refractivity contribution is 7.92. The summed E-state index contributed by atoms with van der Waals surface area (Å²) in [4.78, 5) is 4.10. The minimum atomic E-state index is -3.18. The number of aromatic nitrogens is 1. The van der Waals surface area contributed by atoms with Crippen LogP contribution in [0.15, 0.2) is 18.3 Å². The number of pyridine rings is 1. The second-order valence-corrected chi connectivity index (χ2v) is 5.45. The van der Waals surface area contributed by atoms with Crippen LogP contribution in [0, 0.1) is 0 Å². The van der Waals surface area contributed by atoms with Gasteiger partial charge < -0.3 is 5.32 Å². The molecule has 0 bridgehead atoms. The average molecular weight is 227 g/mol. The molecule has 2 rings (SSSR count). The highest BCUT2D eigenvalue weighted by Gasteiger charge is 2.26. The summed E-state index contributed by atoms with van der Waals surface area (Å²) in [6, 6.07) is 3.51. The molecule has 0 saturated carbocycles. The van der Waals surface area contributed by atoms with Gasteiger partial charge in [0, 0.05) is 12.7 Å². The largest absolute Gasteiger partial charge is 0.367 e. The van der Waals surface area contributed by atoms with Crippen molar-refractivity contribution in [1.29, 1.82) is 0 Å². The second-order valence-electron chi connectivity index (χ2n) is 3.27. The van der Waals surface area contributed by atoms with Crippen molar-refractivity contribution in [3.63, 3.8) is 0 Å². The first-order valence-electron chi connectivity index (χ1n) is 4.84. The minimum absolute atomic E-state index is 0.112. The summed E-state index contributed by atoms with van der Waals surface area (Å²) in [5, 5.41) is 3.07. The second kappa shape index (κ2) is 3.69. The van der Waals surface area contributed by atoms with Gasteiger partial charge in [0.1, 0.15) is 0 Å². The fraction of sp³-hybridized carbons (Fsp3) is 0.444. The molecule has 2 heterocycles. The quantitative estimate of drug-likeness (QED) is 0.806. The molecule has 1 aliphatic heterocycles. The topological polar surface area (TPSA) is 62.3 Å². The van der Waals surface area contributed by atoms with Crippen molar-refractivity contribution in [2.75, 3.05) is 28.5 Å². The standard InChI is InChI=1S/C9H13N3O2S/c1-2-15(13,14)12-7-6-11-9-8(12)4-3-5-10-9/h3-5H,2,6-7H2,1H3,(H,10,11). The summed E-state index contributed by atoms with van der Waals surface area (Å²) in [6.07, 6.45) is 1.65. The molecule has 5 nitrogen and oxygen atoms in total. The Bertz CT molecular complexity index is 458. The van der Waals surface area contributed by atoms with Gasteiger partial charge in [-0.2, -0.15) is 0 Å². The molecule has 0 radical (unpaired) electrons. The first-order chi connectivity index (χ1) is 7.15. The SMILES string of the molecule is CCS(=O)(=O)N1CCNc2ncccc21. The van der Waals surface area contributed by atoms with Crippen molar-refractivity contribution in [2.45, 2.75) is 6.92 Å². The average Bonchev–Trinajstić information content (AvgIpc) is 2.28. The zero-order valence-electron chi connectivity index (χ0n) is 8.47. The van der Waals surface area contributed by atoms with E-state index in [1.165, 1.54) is 4.31 Å². The number of anilines is 2. The first-order valence-corrected chi connectivity index (χ1v) is 6.45. The van der Waals surface area contributed by atoms with E-state index in [2.05, 4.69) is 10.3 Å². The lowest BCUT2D eigenvalue weighted by Gasteiger charge is -2.29. The van der Waals surface area contributed by atoms with Crippen molar-refractivity contribution in [1.82, 2.24) is 4.98 Å². The van der Waals surface area contributed by atoms with Crippen LogP contribution in [0.25, 0.3) is 0 Å². The number of sulfonamides is 1.